The van der Waals surface area contributed by atoms with E-state index in [9.17, 15) is 9.00 Å². The fraction of sp³-hybridized carbons (Fsp3) is 0.364. The molecule has 88 valence electrons. The Morgan fingerprint density at radius 1 is 1.38 bits per heavy atom. The summed E-state index contributed by atoms with van der Waals surface area (Å²) in [4.78, 5) is 11.7. The molecule has 0 aromatic heterocycles. The molecular formula is C11H12Cl2O2S. The summed E-state index contributed by atoms with van der Waals surface area (Å²) in [6.07, 6.45) is 0.800. The number of ketones is 1. The lowest BCUT2D eigenvalue weighted by atomic mass is 10.1. The average molecular weight is 279 g/mol. The van der Waals surface area contributed by atoms with E-state index in [-0.39, 0.29) is 11.5 Å². The first-order valence-electron chi connectivity index (χ1n) is 4.87. The molecule has 0 fully saturated rings. The van der Waals surface area contributed by atoms with E-state index in [1.165, 1.54) is 6.07 Å². The van der Waals surface area contributed by atoms with Crippen LogP contribution in [-0.2, 0) is 10.8 Å². The summed E-state index contributed by atoms with van der Waals surface area (Å²) in [5.41, 5.74) is 0.385. The number of Topliss-reactive ketones (excluding diaryl/α,β-unsaturated/α-hetero) is 1. The van der Waals surface area contributed by atoms with Crippen molar-refractivity contribution in [1.29, 1.82) is 0 Å². The summed E-state index contributed by atoms with van der Waals surface area (Å²) in [7, 11) is -1.11. The molecular weight excluding hydrogens is 267 g/mol. The minimum atomic E-state index is -1.11. The van der Waals surface area contributed by atoms with Crippen LogP contribution in [-0.4, -0.2) is 21.5 Å². The summed E-state index contributed by atoms with van der Waals surface area (Å²) < 4.78 is 11.4. The van der Waals surface area contributed by atoms with Gasteiger partial charge < -0.3 is 0 Å². The fourth-order valence-electron chi connectivity index (χ4n) is 1.24. The minimum Gasteiger partial charge on any atom is -0.293 e. The van der Waals surface area contributed by atoms with E-state index in [0.717, 1.165) is 6.42 Å². The van der Waals surface area contributed by atoms with Crippen LogP contribution in [0.1, 0.15) is 23.7 Å². The van der Waals surface area contributed by atoms with Gasteiger partial charge in [0.15, 0.2) is 5.78 Å². The van der Waals surface area contributed by atoms with Gasteiger partial charge in [-0.2, -0.15) is 0 Å². The van der Waals surface area contributed by atoms with E-state index < -0.39 is 10.8 Å². The van der Waals surface area contributed by atoms with Crippen LogP contribution in [0.3, 0.4) is 0 Å². The maximum absolute atomic E-state index is 11.7. The first-order chi connectivity index (χ1) is 7.54. The highest BCUT2D eigenvalue weighted by molar-refractivity contribution is 7.85. The van der Waals surface area contributed by atoms with Crippen LogP contribution in [0, 0.1) is 0 Å². The monoisotopic (exact) mass is 278 g/mol. The van der Waals surface area contributed by atoms with Crippen molar-refractivity contribution in [2.24, 2.45) is 0 Å². The van der Waals surface area contributed by atoms with Gasteiger partial charge in [-0.15, -0.1) is 0 Å². The molecule has 1 aromatic rings. The van der Waals surface area contributed by atoms with Gasteiger partial charge in [-0.1, -0.05) is 30.1 Å². The molecule has 0 radical (unpaired) electrons. The molecule has 0 aliphatic heterocycles. The van der Waals surface area contributed by atoms with Gasteiger partial charge in [0.1, 0.15) is 0 Å². The third-order valence-corrected chi connectivity index (χ3v) is 3.95. The Labute approximate surface area is 107 Å². The molecule has 0 saturated carbocycles. The van der Waals surface area contributed by atoms with Crippen LogP contribution >= 0.6 is 23.2 Å². The van der Waals surface area contributed by atoms with Crippen molar-refractivity contribution in [2.75, 3.05) is 11.5 Å². The highest BCUT2D eigenvalue weighted by Crippen LogP contribution is 2.21. The first-order valence-corrected chi connectivity index (χ1v) is 7.12. The van der Waals surface area contributed by atoms with Crippen LogP contribution in [0.4, 0.5) is 0 Å². The van der Waals surface area contributed by atoms with E-state index in [1.807, 2.05) is 6.92 Å². The van der Waals surface area contributed by atoms with Crippen LogP contribution in [0.2, 0.25) is 10.0 Å². The van der Waals surface area contributed by atoms with Gasteiger partial charge in [-0.25, -0.2) is 0 Å². The van der Waals surface area contributed by atoms with Crippen molar-refractivity contribution in [1.82, 2.24) is 0 Å². The zero-order valence-corrected chi connectivity index (χ0v) is 11.2. The van der Waals surface area contributed by atoms with Gasteiger partial charge in [-0.3, -0.25) is 9.00 Å². The number of carbonyl (C=O) groups excluding carboxylic acids is 1. The minimum absolute atomic E-state index is 0.0230. The molecule has 0 saturated heterocycles. The Morgan fingerprint density at radius 3 is 2.62 bits per heavy atom. The van der Waals surface area contributed by atoms with Gasteiger partial charge in [0.2, 0.25) is 0 Å². The molecule has 16 heavy (non-hydrogen) atoms. The zero-order valence-electron chi connectivity index (χ0n) is 8.83. The van der Waals surface area contributed by atoms with E-state index >= 15 is 0 Å². The summed E-state index contributed by atoms with van der Waals surface area (Å²) in [5.74, 6) is 0.361. The van der Waals surface area contributed by atoms with Crippen molar-refractivity contribution in [3.8, 4) is 0 Å². The van der Waals surface area contributed by atoms with Crippen LogP contribution in [0.25, 0.3) is 0 Å². The summed E-state index contributed by atoms with van der Waals surface area (Å²) in [5, 5.41) is 0.794. The van der Waals surface area contributed by atoms with Crippen molar-refractivity contribution < 1.29 is 9.00 Å². The molecule has 0 N–H and O–H groups in total. The predicted octanol–water partition coefficient (Wildman–Crippen LogP) is 3.33. The zero-order chi connectivity index (χ0) is 12.1. The summed E-state index contributed by atoms with van der Waals surface area (Å²) in [6, 6.07) is 4.68. The van der Waals surface area contributed by atoms with Gasteiger partial charge in [0.05, 0.1) is 10.8 Å². The van der Waals surface area contributed by atoms with Crippen LogP contribution < -0.4 is 0 Å². The number of hydrogen-bond acceptors (Lipinski definition) is 2. The van der Waals surface area contributed by atoms with Crippen molar-refractivity contribution >= 4 is 39.8 Å². The molecule has 2 nitrogen and oxygen atoms in total. The molecule has 1 atom stereocenters. The number of halogens is 2. The van der Waals surface area contributed by atoms with E-state index in [2.05, 4.69) is 0 Å². The maximum Gasteiger partial charge on any atom is 0.176 e. The predicted molar refractivity (Wildman–Crippen MR) is 69.0 cm³/mol. The molecule has 0 spiro atoms. The third kappa shape index (κ3) is 3.89. The highest BCUT2D eigenvalue weighted by Gasteiger charge is 2.13. The molecule has 1 rings (SSSR count). The lowest BCUT2D eigenvalue weighted by molar-refractivity contribution is 0.102. The van der Waals surface area contributed by atoms with Gasteiger partial charge >= 0.3 is 0 Å². The second-order valence-electron chi connectivity index (χ2n) is 3.34. The standard InChI is InChI=1S/C11H12Cl2O2S/c1-2-5-16(15)7-11(14)9-4-3-8(12)6-10(9)13/h3-4,6H,2,5,7H2,1H3. The Morgan fingerprint density at radius 2 is 2.06 bits per heavy atom. The van der Waals surface area contributed by atoms with Crippen molar-refractivity contribution in [2.45, 2.75) is 13.3 Å². The van der Waals surface area contributed by atoms with Gasteiger partial charge in [0, 0.05) is 27.1 Å². The van der Waals surface area contributed by atoms with E-state index in [1.54, 1.807) is 12.1 Å². The number of benzene rings is 1. The topological polar surface area (TPSA) is 34.1 Å². The lowest BCUT2D eigenvalue weighted by Gasteiger charge is -2.03. The lowest BCUT2D eigenvalue weighted by Crippen LogP contribution is -2.13. The number of hydrogen-bond donors (Lipinski definition) is 0. The largest absolute Gasteiger partial charge is 0.293 e. The normalized spacial score (nSPS) is 12.4. The summed E-state index contributed by atoms with van der Waals surface area (Å²) >= 11 is 11.6. The maximum atomic E-state index is 11.7. The van der Waals surface area contributed by atoms with Crippen LogP contribution in [0.5, 0.6) is 0 Å². The first kappa shape index (κ1) is 13.7. The highest BCUT2D eigenvalue weighted by atomic mass is 35.5. The molecule has 1 unspecified atom stereocenters. The van der Waals surface area contributed by atoms with E-state index in [4.69, 9.17) is 23.2 Å². The smallest absolute Gasteiger partial charge is 0.176 e. The second-order valence-corrected chi connectivity index (χ2v) is 5.76. The number of carbonyl (C=O) groups is 1. The molecule has 1 aromatic carbocycles. The number of rotatable bonds is 5. The summed E-state index contributed by atoms with van der Waals surface area (Å²) in [6.45, 7) is 1.93. The molecule has 0 aliphatic rings. The Hall–Kier alpha value is -0.380. The fourth-order valence-corrected chi connectivity index (χ4v) is 2.80. The van der Waals surface area contributed by atoms with Gasteiger partial charge in [-0.05, 0) is 24.6 Å². The Kier molecular flexibility index (Phi) is 5.46. The SMILES string of the molecule is CCCS(=O)CC(=O)c1ccc(Cl)cc1Cl. The van der Waals surface area contributed by atoms with Gasteiger partial charge in [0.25, 0.3) is 0 Å². The molecule has 0 bridgehead atoms. The second kappa shape index (κ2) is 6.38. The molecule has 5 heteroatoms. The van der Waals surface area contributed by atoms with Crippen molar-refractivity contribution in [3.63, 3.8) is 0 Å². The van der Waals surface area contributed by atoms with Crippen molar-refractivity contribution in [3.05, 3.63) is 33.8 Å². The van der Waals surface area contributed by atoms with Crippen LogP contribution in [0.15, 0.2) is 18.2 Å². The Balaban J connectivity index is 2.77. The van der Waals surface area contributed by atoms with E-state index in [0.29, 0.717) is 21.4 Å². The molecule has 0 aliphatic carbocycles. The average Bonchev–Trinajstić information content (AvgIpc) is 2.17. The quantitative estimate of drug-likeness (QED) is 0.775. The Bertz CT molecular complexity index is 418. The molecule has 0 amide bonds. The third-order valence-electron chi connectivity index (χ3n) is 1.96. The molecule has 0 heterocycles.